The predicted molar refractivity (Wildman–Crippen MR) is 55.3 cm³/mol. The lowest BCUT2D eigenvalue weighted by Gasteiger charge is -2.00. The molecule has 7 heteroatoms. The highest BCUT2D eigenvalue weighted by atomic mass is 16.4. The van der Waals surface area contributed by atoms with Gasteiger partial charge in [0.2, 0.25) is 0 Å². The fraction of sp³-hybridized carbons (Fsp3) is 0. The number of aromatic carboxylic acids is 2. The van der Waals surface area contributed by atoms with Crippen molar-refractivity contribution in [2.45, 2.75) is 0 Å². The molecule has 0 aliphatic heterocycles. The van der Waals surface area contributed by atoms with Gasteiger partial charge < -0.3 is 10.2 Å². The smallest absolute Gasteiger partial charge is 0.375 e. The fourth-order valence-electron chi connectivity index (χ4n) is 1.24. The van der Waals surface area contributed by atoms with Gasteiger partial charge in [-0.25, -0.2) is 19.3 Å². The number of nitrogens with zero attached hydrogens (tertiary/aromatic N) is 3. The lowest BCUT2D eigenvalue weighted by molar-refractivity contribution is 0.0678. The van der Waals surface area contributed by atoms with Crippen LogP contribution in [0.5, 0.6) is 0 Å². The fourth-order valence-corrected chi connectivity index (χ4v) is 1.24. The van der Waals surface area contributed by atoms with Crippen molar-refractivity contribution in [2.75, 3.05) is 0 Å². The summed E-state index contributed by atoms with van der Waals surface area (Å²) >= 11 is 0. The highest BCUT2D eigenvalue weighted by Crippen LogP contribution is 2.08. The molecule has 0 saturated heterocycles. The maximum Gasteiger partial charge on any atom is 0.375 e. The van der Waals surface area contributed by atoms with E-state index in [9.17, 15) is 9.59 Å². The molecule has 0 fully saturated rings. The second-order valence-corrected chi connectivity index (χ2v) is 3.17. The van der Waals surface area contributed by atoms with Crippen LogP contribution in [0.4, 0.5) is 0 Å². The Labute approximate surface area is 95.0 Å². The van der Waals surface area contributed by atoms with Crippen LogP contribution in [0.1, 0.15) is 21.0 Å². The first kappa shape index (κ1) is 10.8. The molecule has 1 aromatic heterocycles. The van der Waals surface area contributed by atoms with Gasteiger partial charge in [0.05, 0.1) is 11.3 Å². The molecule has 0 radical (unpaired) electrons. The quantitative estimate of drug-likeness (QED) is 0.806. The molecule has 1 heterocycles. The minimum absolute atomic E-state index is 0.146. The zero-order valence-corrected chi connectivity index (χ0v) is 8.44. The molecule has 0 aliphatic rings. The van der Waals surface area contributed by atoms with E-state index in [0.717, 1.165) is 0 Å². The summed E-state index contributed by atoms with van der Waals surface area (Å²) in [4.78, 5) is 24.8. The first-order chi connectivity index (χ1) is 8.08. The lowest BCUT2D eigenvalue weighted by atomic mass is 10.2. The van der Waals surface area contributed by atoms with Crippen LogP contribution < -0.4 is 0 Å². The average molecular weight is 233 g/mol. The molecular formula is C10H7N3O4. The second kappa shape index (κ2) is 4.05. The highest BCUT2D eigenvalue weighted by molar-refractivity contribution is 5.87. The topological polar surface area (TPSA) is 105 Å². The largest absolute Gasteiger partial charge is 0.478 e. The Balaban J connectivity index is 2.33. The summed E-state index contributed by atoms with van der Waals surface area (Å²) in [5.41, 5.74) is 0.683. The number of hydrogen-bond donors (Lipinski definition) is 2. The molecule has 0 atom stereocenters. The molecule has 2 aromatic rings. The van der Waals surface area contributed by atoms with Gasteiger partial charge in [-0.05, 0) is 24.3 Å². The second-order valence-electron chi connectivity index (χ2n) is 3.17. The van der Waals surface area contributed by atoms with Crippen molar-refractivity contribution >= 4 is 11.9 Å². The maximum absolute atomic E-state index is 10.6. The molecule has 0 aliphatic carbocycles. The van der Waals surface area contributed by atoms with Crippen LogP contribution in [0.25, 0.3) is 5.69 Å². The van der Waals surface area contributed by atoms with E-state index in [1.54, 1.807) is 0 Å². The van der Waals surface area contributed by atoms with Gasteiger partial charge in [-0.3, -0.25) is 0 Å². The molecule has 17 heavy (non-hydrogen) atoms. The third-order valence-electron chi connectivity index (χ3n) is 2.06. The van der Waals surface area contributed by atoms with E-state index in [-0.39, 0.29) is 11.4 Å². The van der Waals surface area contributed by atoms with E-state index < -0.39 is 11.9 Å². The highest BCUT2D eigenvalue weighted by Gasteiger charge is 2.10. The molecule has 7 nitrogen and oxygen atoms in total. The Morgan fingerprint density at radius 3 is 2.18 bits per heavy atom. The molecule has 0 unspecified atom stereocenters. The van der Waals surface area contributed by atoms with Crippen LogP contribution in [-0.4, -0.2) is 36.9 Å². The van der Waals surface area contributed by atoms with Crippen molar-refractivity contribution < 1.29 is 19.8 Å². The van der Waals surface area contributed by atoms with Gasteiger partial charge in [0.1, 0.15) is 6.33 Å². The van der Waals surface area contributed by atoms with Gasteiger partial charge in [0.25, 0.3) is 5.82 Å². The number of benzene rings is 1. The van der Waals surface area contributed by atoms with Crippen LogP contribution in [-0.2, 0) is 0 Å². The van der Waals surface area contributed by atoms with Crippen LogP contribution in [0, 0.1) is 0 Å². The monoisotopic (exact) mass is 233 g/mol. The molecule has 0 amide bonds. The Bertz CT molecular complexity index is 573. The van der Waals surface area contributed by atoms with Gasteiger partial charge in [0.15, 0.2) is 0 Å². The van der Waals surface area contributed by atoms with E-state index in [1.807, 2.05) is 0 Å². The average Bonchev–Trinajstić information content (AvgIpc) is 2.78. The number of carbonyl (C=O) groups is 2. The molecule has 0 bridgehead atoms. The molecule has 0 spiro atoms. The third-order valence-corrected chi connectivity index (χ3v) is 2.06. The first-order valence-corrected chi connectivity index (χ1v) is 4.56. The summed E-state index contributed by atoms with van der Waals surface area (Å²) in [5.74, 6) is -2.56. The zero-order valence-electron chi connectivity index (χ0n) is 8.44. The molecule has 2 rings (SSSR count). The summed E-state index contributed by atoms with van der Waals surface area (Å²) in [7, 11) is 0. The van der Waals surface area contributed by atoms with E-state index in [1.165, 1.54) is 35.3 Å². The Kier molecular flexibility index (Phi) is 2.57. The maximum atomic E-state index is 10.6. The molecule has 86 valence electrons. The Hall–Kier alpha value is -2.70. The van der Waals surface area contributed by atoms with Crippen LogP contribution in [0.15, 0.2) is 30.6 Å². The third kappa shape index (κ3) is 2.12. The number of rotatable bonds is 3. The molecule has 1 aromatic carbocycles. The van der Waals surface area contributed by atoms with E-state index in [2.05, 4.69) is 10.1 Å². The van der Waals surface area contributed by atoms with Crippen molar-refractivity contribution in [1.29, 1.82) is 0 Å². The molecular weight excluding hydrogens is 226 g/mol. The van der Waals surface area contributed by atoms with E-state index >= 15 is 0 Å². The zero-order chi connectivity index (χ0) is 12.4. The minimum atomic E-state index is -1.22. The Morgan fingerprint density at radius 2 is 1.71 bits per heavy atom. The van der Waals surface area contributed by atoms with Crippen LogP contribution in [0.2, 0.25) is 0 Å². The summed E-state index contributed by atoms with van der Waals surface area (Å²) in [6.45, 7) is 0. The lowest BCUT2D eigenvalue weighted by Crippen LogP contribution is -2.02. The predicted octanol–water partition coefficient (Wildman–Crippen LogP) is 0.664. The van der Waals surface area contributed by atoms with Crippen molar-refractivity contribution in [3.05, 3.63) is 42.0 Å². The number of carboxylic acids is 2. The summed E-state index contributed by atoms with van der Waals surface area (Å²) in [6, 6.07) is 5.84. The number of hydrogen-bond acceptors (Lipinski definition) is 4. The normalized spacial score (nSPS) is 10.1. The van der Waals surface area contributed by atoms with Crippen molar-refractivity contribution in [3.8, 4) is 5.69 Å². The van der Waals surface area contributed by atoms with Gasteiger partial charge in [-0.2, -0.15) is 0 Å². The van der Waals surface area contributed by atoms with Crippen molar-refractivity contribution in [1.82, 2.24) is 14.8 Å². The summed E-state index contributed by atoms with van der Waals surface area (Å²) in [5, 5.41) is 21.1. The summed E-state index contributed by atoms with van der Waals surface area (Å²) < 4.78 is 1.26. The van der Waals surface area contributed by atoms with Gasteiger partial charge in [0, 0.05) is 0 Å². The number of carboxylic acid groups (broad SMARTS) is 2. The molecule has 0 saturated carbocycles. The SMILES string of the molecule is O=C(O)c1ccc(-n2cnc(C(=O)O)n2)cc1. The Morgan fingerprint density at radius 1 is 1.06 bits per heavy atom. The minimum Gasteiger partial charge on any atom is -0.478 e. The summed E-state index contributed by atoms with van der Waals surface area (Å²) in [6.07, 6.45) is 1.25. The van der Waals surface area contributed by atoms with Crippen LogP contribution in [0.3, 0.4) is 0 Å². The first-order valence-electron chi connectivity index (χ1n) is 4.56. The van der Waals surface area contributed by atoms with Crippen molar-refractivity contribution in [2.24, 2.45) is 0 Å². The standard InChI is InChI=1S/C10H7N3O4/c14-9(15)6-1-3-7(4-2-6)13-5-11-8(12-13)10(16)17/h1-5H,(H,14,15)(H,16,17). The van der Waals surface area contributed by atoms with E-state index in [0.29, 0.717) is 5.69 Å². The van der Waals surface area contributed by atoms with Crippen molar-refractivity contribution in [3.63, 3.8) is 0 Å². The van der Waals surface area contributed by atoms with Gasteiger partial charge >= 0.3 is 11.9 Å². The van der Waals surface area contributed by atoms with Crippen LogP contribution >= 0.6 is 0 Å². The van der Waals surface area contributed by atoms with Gasteiger partial charge in [-0.1, -0.05) is 0 Å². The molecule has 2 N–H and O–H groups in total. The van der Waals surface area contributed by atoms with E-state index in [4.69, 9.17) is 10.2 Å². The number of aromatic nitrogens is 3. The van der Waals surface area contributed by atoms with Gasteiger partial charge in [-0.15, -0.1) is 5.10 Å².